The molecule has 0 saturated heterocycles. The third kappa shape index (κ3) is 3.92. The summed E-state index contributed by atoms with van der Waals surface area (Å²) >= 11 is 1.15. The number of carbonyl (C=O) groups is 3. The van der Waals surface area contributed by atoms with Gasteiger partial charge in [0.2, 0.25) is 5.91 Å². The first-order chi connectivity index (χ1) is 14.8. The molecule has 2 N–H and O–H groups in total. The molecular formula is C20H16N4O5S2. The second-order valence-corrected chi connectivity index (χ2v) is 9.26. The second-order valence-electron chi connectivity index (χ2n) is 6.69. The predicted octanol–water partition coefficient (Wildman–Crippen LogP) is 2.57. The van der Waals surface area contributed by atoms with E-state index in [1.165, 1.54) is 42.9 Å². The van der Waals surface area contributed by atoms with Crippen molar-refractivity contribution in [3.63, 3.8) is 0 Å². The Bertz CT molecular complexity index is 1240. The lowest BCUT2D eigenvalue weighted by Crippen LogP contribution is -2.45. The van der Waals surface area contributed by atoms with Gasteiger partial charge in [0.1, 0.15) is 11.0 Å². The molecule has 1 aliphatic rings. The van der Waals surface area contributed by atoms with Gasteiger partial charge in [0.15, 0.2) is 0 Å². The molecule has 2 heterocycles. The van der Waals surface area contributed by atoms with Crippen molar-refractivity contribution in [1.29, 1.82) is 0 Å². The van der Waals surface area contributed by atoms with Crippen LogP contribution < -0.4 is 10.0 Å². The Labute approximate surface area is 181 Å². The van der Waals surface area contributed by atoms with E-state index >= 15 is 0 Å². The molecule has 0 aliphatic carbocycles. The molecule has 1 atom stereocenters. The number of hydrogen-bond donors (Lipinski definition) is 2. The molecule has 2 aromatic carbocycles. The number of fused-ring (bicyclic) bond motifs is 1. The molecule has 4 rings (SSSR count). The number of amides is 3. The van der Waals surface area contributed by atoms with Crippen molar-refractivity contribution in [3.05, 3.63) is 71.4 Å². The van der Waals surface area contributed by atoms with E-state index in [4.69, 9.17) is 0 Å². The molecule has 0 fully saturated rings. The van der Waals surface area contributed by atoms with E-state index in [1.54, 1.807) is 24.3 Å². The maximum Gasteiger partial charge on any atom is 0.262 e. The highest BCUT2D eigenvalue weighted by Crippen LogP contribution is 2.25. The van der Waals surface area contributed by atoms with Gasteiger partial charge in [-0.15, -0.1) is 11.3 Å². The first-order valence-electron chi connectivity index (χ1n) is 9.07. The molecule has 0 radical (unpaired) electrons. The molecule has 0 bridgehead atoms. The monoisotopic (exact) mass is 456 g/mol. The lowest BCUT2D eigenvalue weighted by Gasteiger charge is -2.21. The fraction of sp³-hybridized carbons (Fsp3) is 0.100. The summed E-state index contributed by atoms with van der Waals surface area (Å²) < 4.78 is 27.2. The fourth-order valence-electron chi connectivity index (χ4n) is 3.10. The molecule has 31 heavy (non-hydrogen) atoms. The van der Waals surface area contributed by atoms with Gasteiger partial charge < -0.3 is 5.32 Å². The minimum absolute atomic E-state index is 0.00676. The molecule has 0 saturated carbocycles. The third-order valence-corrected chi connectivity index (χ3v) is 6.89. The first-order valence-corrected chi connectivity index (χ1v) is 11.4. The number of nitrogens with zero attached hydrogens (tertiary/aromatic N) is 2. The van der Waals surface area contributed by atoms with Crippen molar-refractivity contribution >= 4 is 49.8 Å². The highest BCUT2D eigenvalue weighted by molar-refractivity contribution is 7.93. The van der Waals surface area contributed by atoms with Gasteiger partial charge in [-0.3, -0.25) is 29.0 Å². The Morgan fingerprint density at radius 3 is 2.19 bits per heavy atom. The summed E-state index contributed by atoms with van der Waals surface area (Å²) in [4.78, 5) is 42.5. The number of rotatable bonds is 6. The van der Waals surface area contributed by atoms with Gasteiger partial charge in [-0.1, -0.05) is 12.1 Å². The van der Waals surface area contributed by atoms with Gasteiger partial charge in [-0.05, 0) is 43.3 Å². The smallest absolute Gasteiger partial charge is 0.262 e. The number of thiazole rings is 1. The highest BCUT2D eigenvalue weighted by Gasteiger charge is 2.40. The number of hydrogen-bond acceptors (Lipinski definition) is 7. The summed E-state index contributed by atoms with van der Waals surface area (Å²) in [5.74, 6) is -1.63. The van der Waals surface area contributed by atoms with Crippen molar-refractivity contribution in [2.45, 2.75) is 17.9 Å². The van der Waals surface area contributed by atoms with Crippen molar-refractivity contribution in [1.82, 2.24) is 9.88 Å². The Morgan fingerprint density at radius 2 is 1.65 bits per heavy atom. The van der Waals surface area contributed by atoms with Crippen LogP contribution in [0, 0.1) is 0 Å². The van der Waals surface area contributed by atoms with Gasteiger partial charge in [-0.2, -0.15) is 0 Å². The van der Waals surface area contributed by atoms with Crippen LogP contribution in [-0.2, 0) is 14.8 Å². The Balaban J connectivity index is 1.45. The van der Waals surface area contributed by atoms with E-state index in [2.05, 4.69) is 15.0 Å². The zero-order chi connectivity index (χ0) is 22.2. The predicted molar refractivity (Wildman–Crippen MR) is 114 cm³/mol. The van der Waals surface area contributed by atoms with Crippen LogP contribution in [0.25, 0.3) is 0 Å². The Hall–Kier alpha value is -3.57. The van der Waals surface area contributed by atoms with Gasteiger partial charge in [0, 0.05) is 5.69 Å². The number of aromatic nitrogens is 1. The van der Waals surface area contributed by atoms with E-state index in [-0.39, 0.29) is 16.0 Å². The van der Waals surface area contributed by atoms with E-state index in [0.29, 0.717) is 10.7 Å². The van der Waals surface area contributed by atoms with Crippen molar-refractivity contribution in [3.8, 4) is 0 Å². The topological polar surface area (TPSA) is 126 Å². The molecule has 1 aliphatic heterocycles. The highest BCUT2D eigenvalue weighted by atomic mass is 32.2. The standard InChI is InChI=1S/C20H16N4O5S2/c1-12(24-19(26)15-4-2-3-5-16(15)20(24)27)18(25)22-13-6-8-14(9-7-13)31(28,29)23-17-10-21-11-30-17/h2-12,23H,1H3,(H,22,25)/t12-/m0/s1. The molecule has 3 amide bonds. The van der Waals surface area contributed by atoms with Crippen LogP contribution in [0.4, 0.5) is 10.7 Å². The van der Waals surface area contributed by atoms with Crippen LogP contribution in [0.15, 0.2) is 65.1 Å². The van der Waals surface area contributed by atoms with Crippen molar-refractivity contribution < 1.29 is 22.8 Å². The first kappa shape index (κ1) is 20.7. The van der Waals surface area contributed by atoms with Crippen LogP contribution in [0.5, 0.6) is 0 Å². The maximum absolute atomic E-state index is 12.6. The molecular weight excluding hydrogens is 440 g/mol. The second kappa shape index (κ2) is 7.93. The van der Waals surface area contributed by atoms with Crippen molar-refractivity contribution in [2.24, 2.45) is 0 Å². The van der Waals surface area contributed by atoms with Crippen LogP contribution in [0.3, 0.4) is 0 Å². The van der Waals surface area contributed by atoms with Gasteiger partial charge in [0.05, 0.1) is 27.7 Å². The number of carbonyl (C=O) groups excluding carboxylic acids is 3. The average Bonchev–Trinajstić information content (AvgIpc) is 3.34. The normalized spacial score (nSPS) is 14.3. The molecule has 11 heteroatoms. The molecule has 0 spiro atoms. The van der Waals surface area contributed by atoms with Crippen LogP contribution >= 0.6 is 11.3 Å². The minimum Gasteiger partial charge on any atom is -0.324 e. The average molecular weight is 457 g/mol. The summed E-state index contributed by atoms with van der Waals surface area (Å²) in [5.41, 5.74) is 2.35. The summed E-state index contributed by atoms with van der Waals surface area (Å²) in [7, 11) is -3.79. The van der Waals surface area contributed by atoms with Crippen LogP contribution in [-0.4, -0.2) is 42.1 Å². The van der Waals surface area contributed by atoms with E-state index in [1.807, 2.05) is 0 Å². The Kier molecular flexibility index (Phi) is 5.29. The van der Waals surface area contributed by atoms with Gasteiger partial charge >= 0.3 is 0 Å². The van der Waals surface area contributed by atoms with E-state index in [0.717, 1.165) is 16.2 Å². The molecule has 1 aromatic heterocycles. The maximum atomic E-state index is 12.6. The zero-order valence-electron chi connectivity index (χ0n) is 16.1. The molecule has 158 valence electrons. The molecule has 3 aromatic rings. The summed E-state index contributed by atoms with van der Waals surface area (Å²) in [6.45, 7) is 1.45. The summed E-state index contributed by atoms with van der Waals surface area (Å²) in [6.07, 6.45) is 1.40. The largest absolute Gasteiger partial charge is 0.324 e. The number of benzene rings is 2. The Morgan fingerprint density at radius 1 is 1.03 bits per heavy atom. The molecule has 9 nitrogen and oxygen atoms in total. The number of anilines is 2. The lowest BCUT2D eigenvalue weighted by molar-refractivity contribution is -0.119. The SMILES string of the molecule is C[C@@H](C(=O)Nc1ccc(S(=O)(=O)Nc2cncs2)cc1)N1C(=O)c2ccccc2C1=O. The number of nitrogens with one attached hydrogen (secondary N) is 2. The summed E-state index contributed by atoms with van der Waals surface area (Å²) in [6, 6.07) is 10.9. The quantitative estimate of drug-likeness (QED) is 0.549. The molecule has 0 unspecified atom stereocenters. The minimum atomic E-state index is -3.79. The van der Waals surface area contributed by atoms with Crippen molar-refractivity contribution in [2.75, 3.05) is 10.0 Å². The van der Waals surface area contributed by atoms with E-state index < -0.39 is 33.8 Å². The van der Waals surface area contributed by atoms with Crippen LogP contribution in [0.1, 0.15) is 27.6 Å². The summed E-state index contributed by atoms with van der Waals surface area (Å²) in [5, 5.41) is 2.98. The third-order valence-electron chi connectivity index (χ3n) is 4.69. The fourth-order valence-corrected chi connectivity index (χ4v) is 4.91. The van der Waals surface area contributed by atoms with E-state index in [9.17, 15) is 22.8 Å². The van der Waals surface area contributed by atoms with Gasteiger partial charge in [-0.25, -0.2) is 8.42 Å². The van der Waals surface area contributed by atoms with Crippen LogP contribution in [0.2, 0.25) is 0 Å². The lowest BCUT2D eigenvalue weighted by atomic mass is 10.1. The number of sulfonamides is 1. The number of imide groups is 1. The van der Waals surface area contributed by atoms with Gasteiger partial charge in [0.25, 0.3) is 21.8 Å². The zero-order valence-corrected chi connectivity index (χ0v) is 17.7.